The van der Waals surface area contributed by atoms with Crippen LogP contribution in [0.2, 0.25) is 0 Å². The van der Waals surface area contributed by atoms with E-state index in [9.17, 15) is 10.2 Å². The van der Waals surface area contributed by atoms with Crippen molar-refractivity contribution in [3.63, 3.8) is 0 Å². The van der Waals surface area contributed by atoms with Gasteiger partial charge in [0.15, 0.2) is 6.23 Å². The summed E-state index contributed by atoms with van der Waals surface area (Å²) in [5, 5.41) is 23.4. The summed E-state index contributed by atoms with van der Waals surface area (Å²) >= 11 is 0. The smallest absolute Gasteiger partial charge is 0.164 e. The molecule has 0 saturated carbocycles. The van der Waals surface area contributed by atoms with Crippen molar-refractivity contribution in [3.8, 4) is 0 Å². The lowest BCUT2D eigenvalue weighted by atomic mass is 9.86. The third-order valence-corrected chi connectivity index (χ3v) is 10.1. The van der Waals surface area contributed by atoms with Crippen LogP contribution >= 0.6 is 0 Å². The molecular formula is C45H47NO6. The number of hydrogen-bond acceptors (Lipinski definition) is 6. The summed E-state index contributed by atoms with van der Waals surface area (Å²) in [5.41, 5.74) is 6.01. The molecule has 0 aliphatic carbocycles. The van der Waals surface area contributed by atoms with E-state index in [4.69, 9.17) is 18.9 Å². The van der Waals surface area contributed by atoms with Crippen LogP contribution in [0.15, 0.2) is 146 Å². The Morgan fingerprint density at radius 1 is 0.577 bits per heavy atom. The maximum atomic E-state index is 11.2. The number of hydrogen-bond donors (Lipinski definition) is 2. The molecule has 7 nitrogen and oxygen atoms in total. The van der Waals surface area contributed by atoms with Crippen LogP contribution in [0.1, 0.15) is 46.5 Å². The number of nitrogens with zero attached hydrogens (tertiary/aromatic N) is 1. The van der Waals surface area contributed by atoms with Crippen LogP contribution in [0.25, 0.3) is 10.9 Å². The number of ether oxygens (including phenoxy) is 4. The highest BCUT2D eigenvalue weighted by atomic mass is 16.6. The van der Waals surface area contributed by atoms with Crippen LogP contribution in [0.3, 0.4) is 0 Å². The van der Waals surface area contributed by atoms with Crippen molar-refractivity contribution >= 4 is 10.9 Å². The molecule has 0 radical (unpaired) electrons. The molecule has 5 aromatic carbocycles. The van der Waals surface area contributed by atoms with E-state index >= 15 is 0 Å². The van der Waals surface area contributed by atoms with Gasteiger partial charge in [-0.2, -0.15) is 0 Å². The summed E-state index contributed by atoms with van der Waals surface area (Å²) in [6.07, 6.45) is 0.704. The Labute approximate surface area is 306 Å². The van der Waals surface area contributed by atoms with Gasteiger partial charge >= 0.3 is 0 Å². The van der Waals surface area contributed by atoms with Gasteiger partial charge in [0.05, 0.1) is 38.6 Å². The first-order valence-electron chi connectivity index (χ1n) is 18.1. The Morgan fingerprint density at radius 2 is 1.08 bits per heavy atom. The largest absolute Gasteiger partial charge is 0.393 e. The summed E-state index contributed by atoms with van der Waals surface area (Å²) in [5.74, 6) is 0. The Hall–Kier alpha value is -4.60. The SMILES string of the molecule is CCc1ccc(Cc2cn(C3OC(CO)(CO)[C@@H](OCc4ccccc4)[C@H](OCc4ccccc4)[C@H]3OCc3ccccc3)c3ccccc23)cc1. The van der Waals surface area contributed by atoms with Gasteiger partial charge in [0, 0.05) is 11.6 Å². The van der Waals surface area contributed by atoms with Crippen LogP contribution in [0, 0.1) is 0 Å². The van der Waals surface area contributed by atoms with Crippen molar-refractivity contribution in [2.45, 2.75) is 69.7 Å². The third kappa shape index (κ3) is 7.91. The van der Waals surface area contributed by atoms with Crippen LogP contribution in [-0.4, -0.2) is 51.9 Å². The highest BCUT2D eigenvalue weighted by Crippen LogP contribution is 2.43. The second-order valence-corrected chi connectivity index (χ2v) is 13.6. The number of para-hydroxylation sites is 1. The summed E-state index contributed by atoms with van der Waals surface area (Å²) in [6, 6.07) is 46.9. The van der Waals surface area contributed by atoms with E-state index in [1.54, 1.807) is 0 Å². The van der Waals surface area contributed by atoms with Crippen molar-refractivity contribution in [1.82, 2.24) is 4.57 Å². The van der Waals surface area contributed by atoms with Crippen LogP contribution < -0.4 is 0 Å². The molecule has 6 aromatic rings. The number of aliphatic hydroxyl groups excluding tert-OH is 2. The molecule has 0 amide bonds. The van der Waals surface area contributed by atoms with E-state index in [-0.39, 0.29) is 13.2 Å². The summed E-state index contributed by atoms with van der Waals surface area (Å²) < 4.78 is 29.5. The zero-order valence-electron chi connectivity index (χ0n) is 29.6. The Bertz CT molecular complexity index is 1980. The van der Waals surface area contributed by atoms with E-state index in [1.165, 1.54) is 11.1 Å². The fourth-order valence-corrected chi connectivity index (χ4v) is 7.17. The molecule has 4 atom stereocenters. The number of fused-ring (bicyclic) bond motifs is 1. The molecule has 2 heterocycles. The van der Waals surface area contributed by atoms with E-state index in [0.29, 0.717) is 6.61 Å². The van der Waals surface area contributed by atoms with Crippen molar-refractivity contribution in [1.29, 1.82) is 0 Å². The normalized spacial score (nSPS) is 19.9. The molecule has 0 bridgehead atoms. The average molecular weight is 698 g/mol. The summed E-state index contributed by atoms with van der Waals surface area (Å²) in [6.45, 7) is 1.97. The molecule has 7 heteroatoms. The Morgan fingerprint density at radius 3 is 1.63 bits per heavy atom. The highest BCUT2D eigenvalue weighted by Gasteiger charge is 2.57. The molecule has 1 saturated heterocycles. The fourth-order valence-electron chi connectivity index (χ4n) is 7.17. The Balaban J connectivity index is 1.33. The van der Waals surface area contributed by atoms with Crippen LogP contribution in [0.5, 0.6) is 0 Å². The lowest BCUT2D eigenvalue weighted by Gasteiger charge is -2.52. The molecule has 1 aliphatic heterocycles. The van der Waals surface area contributed by atoms with Gasteiger partial charge in [-0.3, -0.25) is 0 Å². The Kier molecular flexibility index (Phi) is 11.6. The maximum absolute atomic E-state index is 11.2. The highest BCUT2D eigenvalue weighted by molar-refractivity contribution is 5.84. The zero-order valence-corrected chi connectivity index (χ0v) is 29.6. The number of benzene rings is 5. The molecule has 7 rings (SSSR count). The van der Waals surface area contributed by atoms with Crippen LogP contribution in [0.4, 0.5) is 0 Å². The number of aryl methyl sites for hydroxylation is 1. The summed E-state index contributed by atoms with van der Waals surface area (Å²) in [4.78, 5) is 0. The second-order valence-electron chi connectivity index (χ2n) is 13.6. The van der Waals surface area contributed by atoms with Gasteiger partial charge < -0.3 is 33.7 Å². The summed E-state index contributed by atoms with van der Waals surface area (Å²) in [7, 11) is 0. The van der Waals surface area contributed by atoms with Gasteiger partial charge in [0.25, 0.3) is 0 Å². The van der Waals surface area contributed by atoms with E-state index in [1.807, 2.05) is 103 Å². The fraction of sp³-hybridized carbons (Fsp3) is 0.289. The first-order valence-corrected chi connectivity index (χ1v) is 18.1. The lowest BCUT2D eigenvalue weighted by molar-refractivity contribution is -0.331. The van der Waals surface area contributed by atoms with Gasteiger partial charge in [0.1, 0.15) is 23.9 Å². The van der Waals surface area contributed by atoms with Crippen molar-refractivity contribution in [3.05, 3.63) is 179 Å². The second kappa shape index (κ2) is 16.8. The molecule has 0 spiro atoms. The number of aliphatic hydroxyl groups is 2. The van der Waals surface area contributed by atoms with Gasteiger partial charge in [-0.25, -0.2) is 0 Å². The van der Waals surface area contributed by atoms with Gasteiger partial charge in [0.2, 0.25) is 0 Å². The predicted octanol–water partition coefficient (Wildman–Crippen LogP) is 7.80. The van der Waals surface area contributed by atoms with Gasteiger partial charge in [-0.15, -0.1) is 0 Å². The molecule has 1 aromatic heterocycles. The maximum Gasteiger partial charge on any atom is 0.164 e. The number of aromatic nitrogens is 1. The van der Waals surface area contributed by atoms with Crippen molar-refractivity contribution in [2.75, 3.05) is 13.2 Å². The number of rotatable bonds is 15. The molecule has 1 unspecified atom stereocenters. The first-order chi connectivity index (χ1) is 25.6. The first kappa shape index (κ1) is 35.8. The molecule has 1 aliphatic rings. The standard InChI is InChI=1S/C45H47NO6/c1-2-33-22-24-34(25-23-33)26-38-27-46(40-21-13-12-20-39(38)40)44-42(50-29-36-16-8-4-9-17-36)41(49-28-35-14-6-3-7-15-35)43(45(31-47,32-48)52-44)51-30-37-18-10-5-11-19-37/h3-25,27,41-44,47-48H,2,26,28-32H2,1H3/t41-,42-,43+,44?/m1/s1. The minimum atomic E-state index is -1.52. The zero-order chi connectivity index (χ0) is 35.8. The quantitative estimate of drug-likeness (QED) is 0.114. The molecular weight excluding hydrogens is 650 g/mol. The minimum Gasteiger partial charge on any atom is -0.393 e. The van der Waals surface area contributed by atoms with E-state index < -0.39 is 43.4 Å². The monoisotopic (exact) mass is 697 g/mol. The van der Waals surface area contributed by atoms with Crippen molar-refractivity contribution in [2.24, 2.45) is 0 Å². The van der Waals surface area contributed by atoms with Crippen LogP contribution in [-0.2, 0) is 51.6 Å². The minimum absolute atomic E-state index is 0.227. The molecule has 1 fully saturated rings. The molecule has 2 N–H and O–H groups in total. The average Bonchev–Trinajstić information content (AvgIpc) is 3.57. The third-order valence-electron chi connectivity index (χ3n) is 10.1. The van der Waals surface area contributed by atoms with E-state index in [0.717, 1.165) is 46.0 Å². The van der Waals surface area contributed by atoms with E-state index in [2.05, 4.69) is 54.1 Å². The molecule has 268 valence electrons. The van der Waals surface area contributed by atoms with Gasteiger partial charge in [-0.1, -0.05) is 140 Å². The van der Waals surface area contributed by atoms with Gasteiger partial charge in [-0.05, 0) is 52.3 Å². The topological polar surface area (TPSA) is 82.3 Å². The predicted molar refractivity (Wildman–Crippen MR) is 203 cm³/mol. The van der Waals surface area contributed by atoms with Crippen molar-refractivity contribution < 1.29 is 29.2 Å². The lowest BCUT2D eigenvalue weighted by Crippen LogP contribution is -2.67. The molecule has 52 heavy (non-hydrogen) atoms.